The summed E-state index contributed by atoms with van der Waals surface area (Å²) in [6.07, 6.45) is 3.07. The van der Waals surface area contributed by atoms with Gasteiger partial charge in [0, 0.05) is 37.7 Å². The van der Waals surface area contributed by atoms with E-state index in [9.17, 15) is 14.4 Å². The molecule has 7 nitrogen and oxygen atoms in total. The zero-order chi connectivity index (χ0) is 18.1. The van der Waals surface area contributed by atoms with Crippen LogP contribution in [0.4, 0.5) is 0 Å². The molecule has 26 heavy (non-hydrogen) atoms. The third-order valence-corrected chi connectivity index (χ3v) is 5.51. The number of nitrogens with zero attached hydrogens (tertiary/aromatic N) is 1. The maximum absolute atomic E-state index is 13.0. The van der Waals surface area contributed by atoms with Crippen molar-refractivity contribution < 1.29 is 14.4 Å². The number of piperidine rings is 1. The predicted octanol–water partition coefficient (Wildman–Crippen LogP) is 0.289. The Morgan fingerprint density at radius 3 is 2.85 bits per heavy atom. The zero-order valence-corrected chi connectivity index (χ0v) is 14.7. The number of benzene rings is 1. The number of rotatable bonds is 5. The molecule has 0 saturated carbocycles. The van der Waals surface area contributed by atoms with Crippen LogP contribution in [0, 0.1) is 0 Å². The molecular formula is C19H24N4O3. The first-order chi connectivity index (χ1) is 12.6. The molecule has 3 N–H and O–H groups in total. The van der Waals surface area contributed by atoms with Crippen LogP contribution in [0.25, 0.3) is 0 Å². The highest BCUT2D eigenvalue weighted by atomic mass is 16.2. The Morgan fingerprint density at radius 1 is 1.19 bits per heavy atom. The van der Waals surface area contributed by atoms with Gasteiger partial charge in [0.05, 0.1) is 0 Å². The monoisotopic (exact) mass is 356 g/mol. The van der Waals surface area contributed by atoms with Crippen molar-refractivity contribution >= 4 is 17.7 Å². The van der Waals surface area contributed by atoms with E-state index >= 15 is 0 Å². The van der Waals surface area contributed by atoms with Crippen molar-refractivity contribution in [3.8, 4) is 0 Å². The lowest BCUT2D eigenvalue weighted by Crippen LogP contribution is -2.52. The molecule has 1 aromatic rings. The minimum Gasteiger partial charge on any atom is -0.322 e. The van der Waals surface area contributed by atoms with E-state index in [4.69, 9.17) is 0 Å². The van der Waals surface area contributed by atoms with E-state index in [0.29, 0.717) is 31.1 Å². The van der Waals surface area contributed by atoms with E-state index < -0.39 is 6.04 Å². The Balaban J connectivity index is 1.46. The number of imide groups is 1. The van der Waals surface area contributed by atoms with Crippen LogP contribution in [0.2, 0.25) is 0 Å². The first-order valence-electron chi connectivity index (χ1n) is 9.33. The lowest BCUT2D eigenvalue weighted by atomic mass is 10.0. The third kappa shape index (κ3) is 3.24. The van der Waals surface area contributed by atoms with Crippen LogP contribution in [-0.4, -0.2) is 47.8 Å². The van der Waals surface area contributed by atoms with Crippen LogP contribution in [0.5, 0.6) is 0 Å². The Kier molecular flexibility index (Phi) is 4.74. The molecule has 3 aliphatic rings. The second-order valence-electron chi connectivity index (χ2n) is 7.28. The maximum Gasteiger partial charge on any atom is 0.255 e. The third-order valence-electron chi connectivity index (χ3n) is 5.51. The van der Waals surface area contributed by atoms with Gasteiger partial charge in [0.15, 0.2) is 0 Å². The minimum absolute atomic E-state index is 0.106. The van der Waals surface area contributed by atoms with Gasteiger partial charge in [-0.2, -0.15) is 0 Å². The fraction of sp³-hybridized carbons (Fsp3) is 0.526. The van der Waals surface area contributed by atoms with Gasteiger partial charge < -0.3 is 15.5 Å². The van der Waals surface area contributed by atoms with E-state index in [1.165, 1.54) is 12.8 Å². The smallest absolute Gasteiger partial charge is 0.255 e. The molecule has 0 spiro atoms. The van der Waals surface area contributed by atoms with Crippen LogP contribution in [-0.2, 0) is 22.7 Å². The molecule has 7 heteroatoms. The molecule has 0 aromatic heterocycles. The molecule has 2 saturated heterocycles. The largest absolute Gasteiger partial charge is 0.322 e. The maximum atomic E-state index is 13.0. The van der Waals surface area contributed by atoms with Gasteiger partial charge >= 0.3 is 0 Å². The first kappa shape index (κ1) is 17.2. The molecule has 1 aromatic carbocycles. The quantitative estimate of drug-likeness (QED) is 0.660. The molecular weight excluding hydrogens is 332 g/mol. The first-order valence-corrected chi connectivity index (χ1v) is 9.33. The van der Waals surface area contributed by atoms with E-state index in [-0.39, 0.29) is 24.1 Å². The number of fused-ring (bicyclic) bond motifs is 1. The number of nitrogens with one attached hydrogen (secondary N) is 3. The fourth-order valence-electron chi connectivity index (χ4n) is 4.15. The fourth-order valence-corrected chi connectivity index (χ4v) is 4.15. The summed E-state index contributed by atoms with van der Waals surface area (Å²) < 4.78 is 0. The molecule has 2 fully saturated rings. The number of carbonyl (C=O) groups is 3. The Labute approximate surface area is 152 Å². The van der Waals surface area contributed by atoms with E-state index in [1.807, 2.05) is 18.2 Å². The summed E-state index contributed by atoms with van der Waals surface area (Å²) in [6, 6.07) is 5.82. The van der Waals surface area contributed by atoms with Crippen molar-refractivity contribution in [2.24, 2.45) is 0 Å². The molecule has 0 radical (unpaired) electrons. The molecule has 3 aliphatic heterocycles. The molecule has 0 aliphatic carbocycles. The zero-order valence-electron chi connectivity index (χ0n) is 14.7. The highest BCUT2D eigenvalue weighted by Crippen LogP contribution is 2.29. The van der Waals surface area contributed by atoms with Crippen LogP contribution in [0.3, 0.4) is 0 Å². The number of hydrogen-bond acceptors (Lipinski definition) is 5. The Hall–Kier alpha value is -2.25. The Bertz CT molecular complexity index is 742. The van der Waals surface area contributed by atoms with Crippen molar-refractivity contribution in [3.05, 3.63) is 34.9 Å². The second kappa shape index (κ2) is 7.17. The van der Waals surface area contributed by atoms with Crippen LogP contribution in [0.1, 0.15) is 47.2 Å². The molecule has 0 bridgehead atoms. The van der Waals surface area contributed by atoms with Gasteiger partial charge in [-0.25, -0.2) is 0 Å². The summed E-state index contributed by atoms with van der Waals surface area (Å²) in [5.74, 6) is -0.735. The van der Waals surface area contributed by atoms with Crippen molar-refractivity contribution in [1.82, 2.24) is 20.9 Å². The summed E-state index contributed by atoms with van der Waals surface area (Å²) in [5, 5.41) is 9.24. The molecule has 4 rings (SSSR count). The SMILES string of the molecule is O=C1CCC(N2Cc3cccc(CNC[C@H]4CCCN4)c3C2=O)C(=O)N1. The molecule has 138 valence electrons. The molecule has 3 amide bonds. The molecule has 2 atom stereocenters. The van der Waals surface area contributed by atoms with Gasteiger partial charge in [0.2, 0.25) is 11.8 Å². The van der Waals surface area contributed by atoms with Gasteiger partial charge in [-0.3, -0.25) is 19.7 Å². The van der Waals surface area contributed by atoms with E-state index in [0.717, 1.165) is 24.2 Å². The van der Waals surface area contributed by atoms with Gasteiger partial charge in [-0.1, -0.05) is 18.2 Å². The second-order valence-corrected chi connectivity index (χ2v) is 7.28. The lowest BCUT2D eigenvalue weighted by molar-refractivity contribution is -0.136. The van der Waals surface area contributed by atoms with Crippen molar-refractivity contribution in [2.75, 3.05) is 13.1 Å². The van der Waals surface area contributed by atoms with Crippen LogP contribution < -0.4 is 16.0 Å². The summed E-state index contributed by atoms with van der Waals surface area (Å²) in [6.45, 7) is 3.02. The standard InChI is InChI=1S/C19H24N4O3/c24-16-7-6-15(18(25)22-16)23-11-13-4-1-3-12(17(13)19(23)26)9-20-10-14-5-2-8-21-14/h1,3-4,14-15,20-21H,2,5-11H2,(H,22,24,25)/t14-,15?/m1/s1. The minimum atomic E-state index is -0.559. The number of amides is 3. The van der Waals surface area contributed by atoms with E-state index in [2.05, 4.69) is 16.0 Å². The highest BCUT2D eigenvalue weighted by Gasteiger charge is 2.39. The number of carbonyl (C=O) groups excluding carboxylic acids is 3. The average Bonchev–Trinajstić information content (AvgIpc) is 3.24. The highest BCUT2D eigenvalue weighted by molar-refractivity contribution is 6.05. The van der Waals surface area contributed by atoms with Gasteiger partial charge in [0.25, 0.3) is 5.91 Å². The summed E-state index contributed by atoms with van der Waals surface area (Å²) in [7, 11) is 0. The normalized spacial score (nSPS) is 25.5. The summed E-state index contributed by atoms with van der Waals surface area (Å²) in [5.41, 5.74) is 2.64. The topological polar surface area (TPSA) is 90.5 Å². The Morgan fingerprint density at radius 2 is 2.08 bits per heavy atom. The van der Waals surface area contributed by atoms with Gasteiger partial charge in [-0.15, -0.1) is 0 Å². The summed E-state index contributed by atoms with van der Waals surface area (Å²) in [4.78, 5) is 38.1. The lowest BCUT2D eigenvalue weighted by Gasteiger charge is -2.29. The number of hydrogen-bond donors (Lipinski definition) is 3. The van der Waals surface area contributed by atoms with E-state index in [1.54, 1.807) is 4.90 Å². The average molecular weight is 356 g/mol. The van der Waals surface area contributed by atoms with Crippen molar-refractivity contribution in [3.63, 3.8) is 0 Å². The van der Waals surface area contributed by atoms with Gasteiger partial charge in [-0.05, 0) is 36.9 Å². The van der Waals surface area contributed by atoms with Gasteiger partial charge in [0.1, 0.15) is 6.04 Å². The molecule has 1 unspecified atom stereocenters. The van der Waals surface area contributed by atoms with Crippen LogP contribution >= 0.6 is 0 Å². The van der Waals surface area contributed by atoms with Crippen molar-refractivity contribution in [1.29, 1.82) is 0 Å². The van der Waals surface area contributed by atoms with Crippen LogP contribution in [0.15, 0.2) is 18.2 Å². The van der Waals surface area contributed by atoms with Crippen molar-refractivity contribution in [2.45, 2.75) is 50.9 Å². The summed E-state index contributed by atoms with van der Waals surface area (Å²) >= 11 is 0. The predicted molar refractivity (Wildman–Crippen MR) is 95.2 cm³/mol. The molecule has 3 heterocycles.